The second-order valence-electron chi connectivity index (χ2n) is 7.53. The van der Waals surface area contributed by atoms with Crippen LogP contribution in [-0.4, -0.2) is 53.2 Å². The van der Waals surface area contributed by atoms with Crippen molar-refractivity contribution in [3.05, 3.63) is 64.2 Å². The molecule has 1 amide bonds. The van der Waals surface area contributed by atoms with E-state index in [-0.39, 0.29) is 35.5 Å². The molecule has 31 heavy (non-hydrogen) atoms. The Morgan fingerprint density at radius 1 is 1.26 bits per heavy atom. The normalized spacial score (nSPS) is 22.8. The maximum Gasteiger partial charge on any atom is 0.295 e. The third-order valence-electron chi connectivity index (χ3n) is 5.58. The van der Waals surface area contributed by atoms with Gasteiger partial charge in [0.1, 0.15) is 5.76 Å². The van der Waals surface area contributed by atoms with Gasteiger partial charge in [-0.25, -0.2) is 0 Å². The lowest BCUT2D eigenvalue weighted by Crippen LogP contribution is -2.36. The van der Waals surface area contributed by atoms with Crippen molar-refractivity contribution in [1.82, 2.24) is 4.90 Å². The Labute approximate surface area is 184 Å². The number of hydrogen-bond donors (Lipinski definition) is 2. The molecular weight excluding hydrogens is 422 g/mol. The van der Waals surface area contributed by atoms with Gasteiger partial charge in [-0.05, 0) is 42.7 Å². The summed E-state index contributed by atoms with van der Waals surface area (Å²) in [5, 5.41) is 21.7. The van der Waals surface area contributed by atoms with Gasteiger partial charge in [-0.1, -0.05) is 29.8 Å². The fourth-order valence-corrected chi connectivity index (χ4v) is 4.28. The van der Waals surface area contributed by atoms with E-state index in [9.17, 15) is 19.8 Å². The van der Waals surface area contributed by atoms with E-state index >= 15 is 0 Å². The lowest BCUT2D eigenvalue weighted by molar-refractivity contribution is -0.140. The van der Waals surface area contributed by atoms with Crippen LogP contribution in [0.25, 0.3) is 5.76 Å². The Morgan fingerprint density at radius 2 is 2.06 bits per heavy atom. The molecule has 2 saturated heterocycles. The summed E-state index contributed by atoms with van der Waals surface area (Å²) in [5.41, 5.74) is 0.735. The standard InChI is InChI=1S/C23H22ClNO6/c1-30-18-8-7-13(11-17(18)26)20-19(21(27)14-4-2-5-15(24)10-14)22(28)23(29)25(20)12-16-6-3-9-31-16/h2,4-5,7-8,10-11,16,20,26-27H,3,6,9,12H2,1H3/b21-19-. The van der Waals surface area contributed by atoms with Gasteiger partial charge in [0.2, 0.25) is 0 Å². The number of ether oxygens (including phenoxy) is 2. The maximum atomic E-state index is 13.0. The van der Waals surface area contributed by atoms with Crippen LogP contribution in [0.5, 0.6) is 11.5 Å². The molecule has 0 spiro atoms. The van der Waals surface area contributed by atoms with Crippen LogP contribution in [0.4, 0.5) is 0 Å². The number of Topliss-reactive ketones (excluding diaryl/α,β-unsaturated/α-hetero) is 1. The third-order valence-corrected chi connectivity index (χ3v) is 5.82. The summed E-state index contributed by atoms with van der Waals surface area (Å²) in [6.07, 6.45) is 1.46. The molecule has 2 aromatic carbocycles. The van der Waals surface area contributed by atoms with E-state index in [4.69, 9.17) is 21.1 Å². The summed E-state index contributed by atoms with van der Waals surface area (Å²) in [7, 11) is 1.43. The number of methoxy groups -OCH3 is 1. The monoisotopic (exact) mass is 443 g/mol. The van der Waals surface area contributed by atoms with Gasteiger partial charge in [0.15, 0.2) is 11.5 Å². The number of halogens is 1. The van der Waals surface area contributed by atoms with Crippen LogP contribution in [-0.2, 0) is 14.3 Å². The summed E-state index contributed by atoms with van der Waals surface area (Å²) in [6, 6.07) is 10.2. The Bertz CT molecular complexity index is 1060. The highest BCUT2D eigenvalue weighted by Gasteiger charge is 2.47. The van der Waals surface area contributed by atoms with Gasteiger partial charge in [0, 0.05) is 23.7 Å². The van der Waals surface area contributed by atoms with Crippen LogP contribution in [0.3, 0.4) is 0 Å². The third kappa shape index (κ3) is 3.98. The Morgan fingerprint density at radius 3 is 2.71 bits per heavy atom. The number of phenolic OH excluding ortho intramolecular Hbond substituents is 1. The number of likely N-dealkylation sites (tertiary alicyclic amines) is 1. The van der Waals surface area contributed by atoms with Gasteiger partial charge in [0.05, 0.1) is 24.8 Å². The average molecular weight is 444 g/mol. The minimum absolute atomic E-state index is 0.0603. The molecule has 2 fully saturated rings. The Kier molecular flexibility index (Phi) is 5.89. The molecule has 8 heteroatoms. The van der Waals surface area contributed by atoms with E-state index in [1.807, 2.05) is 0 Å². The molecular formula is C23H22ClNO6. The summed E-state index contributed by atoms with van der Waals surface area (Å²) in [5.74, 6) is -1.72. The van der Waals surface area contributed by atoms with Crippen molar-refractivity contribution in [3.8, 4) is 11.5 Å². The van der Waals surface area contributed by atoms with E-state index in [0.717, 1.165) is 12.8 Å². The molecule has 2 atom stereocenters. The number of amides is 1. The number of carbonyl (C=O) groups excluding carboxylic acids is 2. The molecule has 4 rings (SSSR count). The fourth-order valence-electron chi connectivity index (χ4n) is 4.09. The number of phenols is 1. The number of rotatable bonds is 5. The van der Waals surface area contributed by atoms with Gasteiger partial charge in [-0.15, -0.1) is 0 Å². The van der Waals surface area contributed by atoms with Crippen molar-refractivity contribution >= 4 is 29.1 Å². The van der Waals surface area contributed by atoms with Gasteiger partial charge >= 0.3 is 0 Å². The molecule has 0 saturated carbocycles. The number of hydrogen-bond acceptors (Lipinski definition) is 6. The predicted molar refractivity (Wildman–Crippen MR) is 114 cm³/mol. The molecule has 0 aliphatic carbocycles. The van der Waals surface area contributed by atoms with Crippen molar-refractivity contribution in [2.24, 2.45) is 0 Å². The molecule has 2 aromatic rings. The van der Waals surface area contributed by atoms with Gasteiger partial charge < -0.3 is 24.6 Å². The summed E-state index contributed by atoms with van der Waals surface area (Å²) < 4.78 is 10.8. The second kappa shape index (κ2) is 8.61. The molecule has 2 heterocycles. The number of aliphatic hydroxyl groups excluding tert-OH is 1. The number of aliphatic hydroxyl groups is 1. The first-order valence-electron chi connectivity index (χ1n) is 9.93. The molecule has 2 unspecified atom stereocenters. The van der Waals surface area contributed by atoms with Crippen LogP contribution in [0.2, 0.25) is 5.02 Å². The largest absolute Gasteiger partial charge is 0.507 e. The summed E-state index contributed by atoms with van der Waals surface area (Å²) >= 11 is 6.05. The smallest absolute Gasteiger partial charge is 0.295 e. The van der Waals surface area contributed by atoms with Crippen molar-refractivity contribution in [3.63, 3.8) is 0 Å². The Balaban J connectivity index is 1.85. The SMILES string of the molecule is COc1ccc(C2/C(=C(/O)c3cccc(Cl)c3)C(=O)C(=O)N2CC2CCCO2)cc1O. The zero-order valence-corrected chi connectivity index (χ0v) is 17.6. The van der Waals surface area contributed by atoms with Crippen LogP contribution in [0.1, 0.15) is 30.0 Å². The summed E-state index contributed by atoms with van der Waals surface area (Å²) in [6.45, 7) is 0.805. The number of carbonyl (C=O) groups is 2. The predicted octanol–water partition coefficient (Wildman–Crippen LogP) is 3.65. The van der Waals surface area contributed by atoms with Gasteiger partial charge in [0.25, 0.3) is 11.7 Å². The number of benzene rings is 2. The van der Waals surface area contributed by atoms with E-state index in [2.05, 4.69) is 0 Å². The van der Waals surface area contributed by atoms with Crippen molar-refractivity contribution < 1.29 is 29.3 Å². The van der Waals surface area contributed by atoms with Crippen molar-refractivity contribution in [2.75, 3.05) is 20.3 Å². The minimum Gasteiger partial charge on any atom is -0.507 e. The molecule has 2 N–H and O–H groups in total. The molecule has 2 aliphatic heterocycles. The minimum atomic E-state index is -0.889. The lowest BCUT2D eigenvalue weighted by Gasteiger charge is -2.27. The van der Waals surface area contributed by atoms with E-state index in [1.54, 1.807) is 30.3 Å². The second-order valence-corrected chi connectivity index (χ2v) is 7.96. The van der Waals surface area contributed by atoms with Crippen LogP contribution >= 0.6 is 11.6 Å². The Hall–Kier alpha value is -3.03. The number of aromatic hydroxyl groups is 1. The number of nitrogens with zero attached hydrogens (tertiary/aromatic N) is 1. The van der Waals surface area contributed by atoms with E-state index < -0.39 is 17.7 Å². The first-order chi connectivity index (χ1) is 14.9. The molecule has 0 radical (unpaired) electrons. The van der Waals surface area contributed by atoms with Crippen molar-refractivity contribution in [1.29, 1.82) is 0 Å². The first-order valence-corrected chi connectivity index (χ1v) is 10.3. The van der Waals surface area contributed by atoms with Gasteiger partial charge in [-0.3, -0.25) is 9.59 Å². The molecule has 2 aliphatic rings. The lowest BCUT2D eigenvalue weighted by atomic mass is 9.95. The zero-order valence-electron chi connectivity index (χ0n) is 16.9. The van der Waals surface area contributed by atoms with Gasteiger partial charge in [-0.2, -0.15) is 0 Å². The summed E-state index contributed by atoms with van der Waals surface area (Å²) in [4.78, 5) is 27.4. The average Bonchev–Trinajstić information content (AvgIpc) is 3.35. The molecule has 0 aromatic heterocycles. The van der Waals surface area contributed by atoms with Crippen molar-refractivity contribution in [2.45, 2.75) is 25.0 Å². The van der Waals surface area contributed by atoms with E-state index in [1.165, 1.54) is 24.1 Å². The highest BCUT2D eigenvalue weighted by atomic mass is 35.5. The maximum absolute atomic E-state index is 13.0. The molecule has 162 valence electrons. The molecule has 0 bridgehead atoms. The topological polar surface area (TPSA) is 96.3 Å². The highest BCUT2D eigenvalue weighted by molar-refractivity contribution is 6.46. The highest BCUT2D eigenvalue weighted by Crippen LogP contribution is 2.42. The van der Waals surface area contributed by atoms with E-state index in [0.29, 0.717) is 22.8 Å². The van der Waals surface area contributed by atoms with Crippen LogP contribution in [0.15, 0.2) is 48.0 Å². The van der Waals surface area contributed by atoms with Crippen LogP contribution in [0, 0.1) is 0 Å². The number of ketones is 1. The zero-order chi connectivity index (χ0) is 22.1. The van der Waals surface area contributed by atoms with Crippen LogP contribution < -0.4 is 4.74 Å². The quantitative estimate of drug-likeness (QED) is 0.416. The molecule has 7 nitrogen and oxygen atoms in total. The first kappa shape index (κ1) is 21.2. The fraction of sp³-hybridized carbons (Fsp3) is 0.304.